The summed E-state index contributed by atoms with van der Waals surface area (Å²) in [5.41, 5.74) is 0. The molecule has 0 aromatic heterocycles. The zero-order valence-corrected chi connectivity index (χ0v) is 50.0. The maximum atomic E-state index is 12.5. The summed E-state index contributed by atoms with van der Waals surface area (Å²) >= 11 is 0. The van der Waals surface area contributed by atoms with Crippen molar-refractivity contribution in [3.63, 3.8) is 0 Å². The van der Waals surface area contributed by atoms with Gasteiger partial charge in [-0.15, -0.1) is 0 Å². The third-order valence-corrected chi connectivity index (χ3v) is 14.1. The molecule has 0 heterocycles. The molecule has 0 fully saturated rings. The molecule has 3 N–H and O–H groups in total. The van der Waals surface area contributed by atoms with Crippen LogP contribution in [-0.4, -0.2) is 34.9 Å². The molecule has 0 aromatic rings. The molecule has 0 saturated carbocycles. The van der Waals surface area contributed by atoms with Gasteiger partial charge >= 0.3 is 0 Å². The van der Waals surface area contributed by atoms with Crippen LogP contribution in [-0.2, 0) is 4.79 Å². The Kier molecular flexibility index (Phi) is 62.8. The summed E-state index contributed by atoms with van der Waals surface area (Å²) in [7, 11) is 0. The van der Waals surface area contributed by atoms with E-state index in [1.807, 2.05) is 6.08 Å². The number of carbonyl (C=O) groups excluding carboxylic acids is 1. The molecule has 1 amide bonds. The number of hydrogen-bond donors (Lipinski definition) is 3. The Morgan fingerprint density at radius 2 is 0.579 bits per heavy atom. The molecule has 76 heavy (non-hydrogen) atoms. The van der Waals surface area contributed by atoms with Gasteiger partial charge in [-0.3, -0.25) is 4.79 Å². The van der Waals surface area contributed by atoms with Gasteiger partial charge in [-0.2, -0.15) is 0 Å². The van der Waals surface area contributed by atoms with Crippen molar-refractivity contribution in [3.8, 4) is 0 Å². The van der Waals surface area contributed by atoms with Crippen LogP contribution in [0.15, 0.2) is 134 Å². The van der Waals surface area contributed by atoms with Crippen LogP contribution in [0.3, 0.4) is 0 Å². The predicted octanol–water partition coefficient (Wildman–Crippen LogP) is 22.1. The second-order valence-electron chi connectivity index (χ2n) is 21.5. The van der Waals surface area contributed by atoms with E-state index in [1.165, 1.54) is 186 Å². The Hall–Kier alpha value is -3.47. The summed E-state index contributed by atoms with van der Waals surface area (Å²) in [6, 6.07) is -0.634. The van der Waals surface area contributed by atoms with E-state index >= 15 is 0 Å². The number of rotatable bonds is 58. The lowest BCUT2D eigenvalue weighted by Gasteiger charge is -2.20. The third kappa shape index (κ3) is 61.4. The molecule has 434 valence electrons. The van der Waals surface area contributed by atoms with Crippen molar-refractivity contribution < 1.29 is 15.0 Å². The number of hydrogen-bond acceptors (Lipinski definition) is 3. The molecule has 0 aliphatic heterocycles. The van der Waals surface area contributed by atoms with Crippen LogP contribution in [0.2, 0.25) is 0 Å². The number of nitrogens with one attached hydrogen (secondary N) is 1. The van der Waals surface area contributed by atoms with E-state index in [0.717, 1.165) is 89.9 Å². The number of unbranched alkanes of at least 4 members (excludes halogenated alkanes) is 31. The summed E-state index contributed by atoms with van der Waals surface area (Å²) < 4.78 is 0. The lowest BCUT2D eigenvalue weighted by Crippen LogP contribution is -2.45. The lowest BCUT2D eigenvalue weighted by molar-refractivity contribution is -0.123. The van der Waals surface area contributed by atoms with Crippen molar-refractivity contribution in [2.24, 2.45) is 0 Å². The van der Waals surface area contributed by atoms with Crippen molar-refractivity contribution >= 4 is 5.91 Å². The van der Waals surface area contributed by atoms with Gasteiger partial charge in [-0.1, -0.05) is 327 Å². The summed E-state index contributed by atoms with van der Waals surface area (Å²) in [5, 5.41) is 23.2. The van der Waals surface area contributed by atoms with E-state index in [2.05, 4.69) is 141 Å². The molecule has 0 aliphatic rings. The van der Waals surface area contributed by atoms with Gasteiger partial charge < -0.3 is 15.5 Å². The number of allylic oxidation sites excluding steroid dienone is 21. The zero-order chi connectivity index (χ0) is 54.8. The van der Waals surface area contributed by atoms with E-state index < -0.39 is 12.1 Å². The quantitative estimate of drug-likeness (QED) is 0.0420. The average Bonchev–Trinajstić information content (AvgIpc) is 3.42. The van der Waals surface area contributed by atoms with Gasteiger partial charge in [0.05, 0.1) is 18.8 Å². The predicted molar refractivity (Wildman–Crippen MR) is 340 cm³/mol. The first-order valence-electron chi connectivity index (χ1n) is 32.4. The molecular formula is C72H123NO3. The smallest absolute Gasteiger partial charge is 0.220 e. The van der Waals surface area contributed by atoms with Gasteiger partial charge in [0.15, 0.2) is 0 Å². The highest BCUT2D eigenvalue weighted by Gasteiger charge is 2.18. The fourth-order valence-electron chi connectivity index (χ4n) is 9.27. The first-order valence-corrected chi connectivity index (χ1v) is 32.4. The molecule has 2 unspecified atom stereocenters. The molecule has 0 aliphatic carbocycles. The van der Waals surface area contributed by atoms with Crippen molar-refractivity contribution in [1.82, 2.24) is 5.32 Å². The number of amides is 1. The van der Waals surface area contributed by atoms with Crippen LogP contribution >= 0.6 is 0 Å². The van der Waals surface area contributed by atoms with Crippen molar-refractivity contribution in [2.75, 3.05) is 6.61 Å². The SMILES string of the molecule is CC/C=C\C/C=C\C/C=C\C/C=C\C/C=C\C/C=C\C/C=C\C/C=C\C/C=C\C/C=C\CCCCCCCCCCCCC(=O)NC(CO)C(O)/C=C/CCCCCCCCCCCCCCCCCCCCCCC. The fourth-order valence-corrected chi connectivity index (χ4v) is 9.27. The largest absolute Gasteiger partial charge is 0.394 e. The topological polar surface area (TPSA) is 69.6 Å². The maximum absolute atomic E-state index is 12.5. The molecule has 0 aromatic carbocycles. The van der Waals surface area contributed by atoms with Crippen molar-refractivity contribution in [2.45, 2.75) is 309 Å². The summed E-state index contributed by atoms with van der Waals surface area (Å²) in [4.78, 5) is 12.5. The third-order valence-electron chi connectivity index (χ3n) is 14.1. The van der Waals surface area contributed by atoms with Gasteiger partial charge in [0.25, 0.3) is 0 Å². The maximum Gasteiger partial charge on any atom is 0.220 e. The molecule has 0 rings (SSSR count). The highest BCUT2D eigenvalue weighted by Crippen LogP contribution is 2.17. The normalized spacial score (nSPS) is 13.7. The molecule has 0 bridgehead atoms. The van der Waals surface area contributed by atoms with Crippen LogP contribution in [0, 0.1) is 0 Å². The first kappa shape index (κ1) is 72.5. The fraction of sp³-hybridized carbons (Fsp3) is 0.681. The number of carbonyl (C=O) groups is 1. The Balaban J connectivity index is 3.59. The molecule has 4 heteroatoms. The monoisotopic (exact) mass is 1050 g/mol. The van der Waals surface area contributed by atoms with E-state index in [9.17, 15) is 15.0 Å². The minimum atomic E-state index is -0.850. The lowest BCUT2D eigenvalue weighted by atomic mass is 10.0. The highest BCUT2D eigenvalue weighted by atomic mass is 16.3. The van der Waals surface area contributed by atoms with Gasteiger partial charge in [-0.25, -0.2) is 0 Å². The highest BCUT2D eigenvalue weighted by molar-refractivity contribution is 5.76. The zero-order valence-electron chi connectivity index (χ0n) is 50.0. The van der Waals surface area contributed by atoms with Crippen LogP contribution in [0.4, 0.5) is 0 Å². The molecule has 0 saturated heterocycles. The summed E-state index contributed by atoms with van der Waals surface area (Å²) in [6.07, 6.45) is 102. The van der Waals surface area contributed by atoms with E-state index in [0.29, 0.717) is 6.42 Å². The Morgan fingerprint density at radius 3 is 0.868 bits per heavy atom. The van der Waals surface area contributed by atoms with E-state index in [-0.39, 0.29) is 12.5 Å². The van der Waals surface area contributed by atoms with Gasteiger partial charge in [-0.05, 0) is 96.3 Å². The van der Waals surface area contributed by atoms with Crippen LogP contribution < -0.4 is 5.32 Å². The minimum Gasteiger partial charge on any atom is -0.394 e. The molecule has 0 radical (unpaired) electrons. The number of aliphatic hydroxyl groups is 2. The summed E-state index contributed by atoms with van der Waals surface area (Å²) in [6.45, 7) is 4.21. The van der Waals surface area contributed by atoms with E-state index in [1.54, 1.807) is 6.08 Å². The molecular weight excluding hydrogens is 927 g/mol. The molecule has 2 atom stereocenters. The van der Waals surface area contributed by atoms with E-state index in [4.69, 9.17) is 0 Å². The Morgan fingerprint density at radius 1 is 0.329 bits per heavy atom. The van der Waals surface area contributed by atoms with Crippen LogP contribution in [0.25, 0.3) is 0 Å². The molecule has 0 spiro atoms. The number of aliphatic hydroxyl groups excluding tert-OH is 2. The van der Waals surface area contributed by atoms with Crippen LogP contribution in [0.5, 0.6) is 0 Å². The Labute approximate surface area is 472 Å². The first-order chi connectivity index (χ1) is 37.7. The average molecular weight is 1050 g/mol. The standard InChI is InChI=1S/C72H123NO3/c1-3-5-7-9-11-13-15-17-19-21-23-25-27-28-29-30-31-32-33-34-35-36-37-38-39-40-41-42-43-44-46-48-50-52-54-56-58-60-62-64-66-68-72(76)73-70(69-74)71(75)67-65-63-61-59-57-55-53-51-49-47-45-26-24-22-20-18-16-14-12-10-8-6-4-2/h5,7,11,13,17,19,23,25,28-29,31-32,34-35,37-38,40-41,43-44,65,67,70-71,74-75H,3-4,6,8-10,12,14-16,18,20-22,24,26-27,30,33,36,39,42,45-64,66,68-69H2,1-2H3,(H,73,76)/b7-5-,13-11-,19-17-,25-23-,29-28-,32-31-,35-34-,38-37-,41-40-,44-43-,67-65+. The van der Waals surface area contributed by atoms with Crippen molar-refractivity contribution in [3.05, 3.63) is 134 Å². The second-order valence-corrected chi connectivity index (χ2v) is 21.5. The van der Waals surface area contributed by atoms with Gasteiger partial charge in [0.1, 0.15) is 0 Å². The summed E-state index contributed by atoms with van der Waals surface area (Å²) in [5.74, 6) is -0.0710. The second kappa shape index (κ2) is 65.8. The minimum absolute atomic E-state index is 0.0710. The van der Waals surface area contributed by atoms with Crippen LogP contribution in [0.1, 0.15) is 296 Å². The van der Waals surface area contributed by atoms with Crippen molar-refractivity contribution in [1.29, 1.82) is 0 Å². The molecule has 4 nitrogen and oxygen atoms in total. The van der Waals surface area contributed by atoms with Gasteiger partial charge in [0.2, 0.25) is 5.91 Å². The van der Waals surface area contributed by atoms with Gasteiger partial charge in [0, 0.05) is 6.42 Å². The Bertz CT molecular complexity index is 1520.